The summed E-state index contributed by atoms with van der Waals surface area (Å²) < 4.78 is 0.723. The van der Waals surface area contributed by atoms with Gasteiger partial charge in [0, 0.05) is 30.5 Å². The maximum atomic E-state index is 12.3. The summed E-state index contributed by atoms with van der Waals surface area (Å²) in [4.78, 5) is 48.5. The maximum Gasteiger partial charge on any atom is 0.261 e. The zero-order chi connectivity index (χ0) is 19.1. The summed E-state index contributed by atoms with van der Waals surface area (Å²) in [6.07, 6.45) is 0.285. The monoisotopic (exact) mass is 420 g/mol. The van der Waals surface area contributed by atoms with E-state index in [1.807, 2.05) is 0 Å². The van der Waals surface area contributed by atoms with E-state index in [1.54, 1.807) is 24.3 Å². The molecule has 0 aromatic heterocycles. The van der Waals surface area contributed by atoms with Crippen molar-refractivity contribution in [2.45, 2.75) is 19.3 Å². The van der Waals surface area contributed by atoms with Crippen molar-refractivity contribution in [2.75, 3.05) is 19.6 Å². The third kappa shape index (κ3) is 4.89. The number of rotatable bonds is 8. The number of nitrogens with one attached hydrogen (secondary N) is 2. The van der Waals surface area contributed by atoms with Gasteiger partial charge in [0.25, 0.3) is 11.8 Å². The molecule has 0 spiro atoms. The largest absolute Gasteiger partial charge is 0.354 e. The number of amides is 4. The molecule has 0 fully saturated rings. The molecule has 26 heavy (non-hydrogen) atoms. The van der Waals surface area contributed by atoms with Gasteiger partial charge in [-0.15, -0.1) is 0 Å². The van der Waals surface area contributed by atoms with Gasteiger partial charge in [-0.05, 0) is 24.6 Å². The Morgan fingerprint density at radius 1 is 1.08 bits per heavy atom. The van der Waals surface area contributed by atoms with E-state index in [4.69, 9.17) is 5.26 Å². The predicted molar refractivity (Wildman–Crippen MR) is 95.0 cm³/mol. The zero-order valence-electron chi connectivity index (χ0n) is 13.9. The van der Waals surface area contributed by atoms with Gasteiger partial charge in [0.15, 0.2) is 0 Å². The lowest BCUT2D eigenvalue weighted by Crippen LogP contribution is -2.35. The zero-order valence-corrected chi connectivity index (χ0v) is 15.5. The molecule has 8 nitrogen and oxygen atoms in total. The molecule has 4 amide bonds. The number of fused-ring (bicyclic) bond motifs is 1. The Hall–Kier alpha value is -2.73. The Morgan fingerprint density at radius 2 is 1.73 bits per heavy atom. The normalized spacial score (nSPS) is 12.5. The number of imide groups is 1. The highest BCUT2D eigenvalue weighted by Gasteiger charge is 2.35. The summed E-state index contributed by atoms with van der Waals surface area (Å²) >= 11 is 3.27. The Morgan fingerprint density at radius 3 is 2.42 bits per heavy atom. The molecule has 1 aromatic rings. The molecule has 1 aromatic carbocycles. The molecular weight excluding hydrogens is 404 g/mol. The minimum Gasteiger partial charge on any atom is -0.354 e. The van der Waals surface area contributed by atoms with Crippen molar-refractivity contribution in [3.05, 3.63) is 33.8 Å². The second-order valence-corrected chi connectivity index (χ2v) is 6.51. The van der Waals surface area contributed by atoms with Crippen LogP contribution in [0.1, 0.15) is 40.0 Å². The number of carbonyl (C=O) groups is 4. The highest BCUT2D eigenvalue weighted by Crippen LogP contribution is 2.26. The minimum atomic E-state index is -0.390. The van der Waals surface area contributed by atoms with E-state index in [2.05, 4.69) is 26.6 Å². The minimum absolute atomic E-state index is 0.156. The SMILES string of the molecule is N#CCC(=O)NCCNC(=O)CCCN1C(=O)c2ccc(Br)cc2C1=O. The van der Waals surface area contributed by atoms with E-state index in [-0.39, 0.29) is 56.1 Å². The number of benzene rings is 1. The van der Waals surface area contributed by atoms with Crippen molar-refractivity contribution in [1.82, 2.24) is 15.5 Å². The summed E-state index contributed by atoms with van der Waals surface area (Å²) in [5, 5.41) is 13.5. The molecule has 9 heteroatoms. The molecule has 0 aliphatic carbocycles. The Balaban J connectivity index is 1.71. The number of hydrogen-bond acceptors (Lipinski definition) is 5. The van der Waals surface area contributed by atoms with E-state index < -0.39 is 0 Å². The summed E-state index contributed by atoms with van der Waals surface area (Å²) in [6.45, 7) is 0.646. The summed E-state index contributed by atoms with van der Waals surface area (Å²) in [5.41, 5.74) is 0.734. The van der Waals surface area contributed by atoms with Crippen molar-refractivity contribution < 1.29 is 19.2 Å². The first-order valence-corrected chi connectivity index (χ1v) is 8.79. The number of hydrogen-bond donors (Lipinski definition) is 2. The lowest BCUT2D eigenvalue weighted by molar-refractivity contribution is -0.122. The van der Waals surface area contributed by atoms with Gasteiger partial charge in [-0.1, -0.05) is 15.9 Å². The first-order valence-electron chi connectivity index (χ1n) is 8.00. The van der Waals surface area contributed by atoms with Gasteiger partial charge in [-0.3, -0.25) is 24.1 Å². The number of halogens is 1. The van der Waals surface area contributed by atoms with Crippen molar-refractivity contribution >= 4 is 39.6 Å². The topological polar surface area (TPSA) is 119 Å². The fourth-order valence-corrected chi connectivity index (χ4v) is 2.85. The van der Waals surface area contributed by atoms with Crippen molar-refractivity contribution in [3.63, 3.8) is 0 Å². The van der Waals surface area contributed by atoms with Gasteiger partial charge in [0.1, 0.15) is 6.42 Å². The van der Waals surface area contributed by atoms with Crippen LogP contribution in [0.25, 0.3) is 0 Å². The molecule has 2 N–H and O–H groups in total. The van der Waals surface area contributed by atoms with E-state index in [0.29, 0.717) is 17.5 Å². The van der Waals surface area contributed by atoms with E-state index in [1.165, 1.54) is 0 Å². The summed E-state index contributed by atoms with van der Waals surface area (Å²) in [5.74, 6) is -1.33. The predicted octanol–water partition coefficient (Wildman–Crippen LogP) is 0.971. The third-order valence-electron chi connectivity index (χ3n) is 3.73. The fraction of sp³-hybridized carbons (Fsp3) is 0.353. The van der Waals surface area contributed by atoms with Gasteiger partial charge >= 0.3 is 0 Å². The van der Waals surface area contributed by atoms with Crippen LogP contribution in [-0.4, -0.2) is 48.2 Å². The molecule has 0 saturated heterocycles. The number of nitrogens with zero attached hydrogens (tertiary/aromatic N) is 2. The summed E-state index contributed by atoms with van der Waals surface area (Å²) in [6, 6.07) is 6.65. The lowest BCUT2D eigenvalue weighted by Gasteiger charge is -2.13. The lowest BCUT2D eigenvalue weighted by atomic mass is 10.1. The number of carbonyl (C=O) groups excluding carboxylic acids is 4. The fourth-order valence-electron chi connectivity index (χ4n) is 2.49. The van der Waals surface area contributed by atoms with Gasteiger partial charge in [-0.25, -0.2) is 0 Å². The van der Waals surface area contributed by atoms with Crippen LogP contribution in [0.3, 0.4) is 0 Å². The van der Waals surface area contributed by atoms with Crippen LogP contribution < -0.4 is 10.6 Å². The van der Waals surface area contributed by atoms with Gasteiger partial charge in [0.2, 0.25) is 11.8 Å². The van der Waals surface area contributed by atoms with Crippen LogP contribution in [0, 0.1) is 11.3 Å². The van der Waals surface area contributed by atoms with Gasteiger partial charge in [-0.2, -0.15) is 5.26 Å². The molecule has 0 atom stereocenters. The quantitative estimate of drug-likeness (QED) is 0.479. The van der Waals surface area contributed by atoms with Crippen LogP contribution >= 0.6 is 15.9 Å². The smallest absolute Gasteiger partial charge is 0.261 e. The highest BCUT2D eigenvalue weighted by molar-refractivity contribution is 9.10. The van der Waals surface area contributed by atoms with Crippen molar-refractivity contribution in [1.29, 1.82) is 5.26 Å². The molecule has 0 unspecified atom stereocenters. The van der Waals surface area contributed by atoms with Crippen LogP contribution in [0.5, 0.6) is 0 Å². The van der Waals surface area contributed by atoms with Crippen LogP contribution in [-0.2, 0) is 9.59 Å². The van der Waals surface area contributed by atoms with E-state index >= 15 is 0 Å². The molecule has 0 saturated carbocycles. The molecule has 136 valence electrons. The molecule has 1 aliphatic rings. The first-order chi connectivity index (χ1) is 12.4. The van der Waals surface area contributed by atoms with Crippen LogP contribution in [0.4, 0.5) is 0 Å². The highest BCUT2D eigenvalue weighted by atomic mass is 79.9. The van der Waals surface area contributed by atoms with Gasteiger partial charge in [0.05, 0.1) is 17.2 Å². The molecular formula is C17H17BrN4O4. The van der Waals surface area contributed by atoms with Crippen molar-refractivity contribution in [3.8, 4) is 6.07 Å². The second kappa shape index (κ2) is 9.10. The van der Waals surface area contributed by atoms with E-state index in [0.717, 1.165) is 9.37 Å². The Bertz CT molecular complexity index is 787. The average Bonchev–Trinajstić information content (AvgIpc) is 2.83. The Labute approximate surface area is 158 Å². The molecule has 1 aliphatic heterocycles. The van der Waals surface area contributed by atoms with Crippen LogP contribution in [0.2, 0.25) is 0 Å². The van der Waals surface area contributed by atoms with Crippen molar-refractivity contribution in [2.24, 2.45) is 0 Å². The Kier molecular flexibility index (Phi) is 6.86. The van der Waals surface area contributed by atoms with Gasteiger partial charge < -0.3 is 10.6 Å². The molecule has 0 radical (unpaired) electrons. The standard InChI is InChI=1S/C17H17BrN4O4/c18-11-3-4-12-13(10-11)17(26)22(16(12)25)9-1-2-14(23)20-7-8-21-15(24)5-6-19/h3-4,10H,1-2,5,7-9H2,(H,20,23)(H,21,24). The maximum absolute atomic E-state index is 12.3. The average molecular weight is 421 g/mol. The molecule has 2 rings (SSSR count). The number of nitriles is 1. The van der Waals surface area contributed by atoms with Crippen LogP contribution in [0.15, 0.2) is 22.7 Å². The third-order valence-corrected chi connectivity index (χ3v) is 4.22. The molecule has 1 heterocycles. The molecule has 0 bridgehead atoms. The second-order valence-electron chi connectivity index (χ2n) is 5.59. The first kappa shape index (κ1) is 19.6. The summed E-state index contributed by atoms with van der Waals surface area (Å²) in [7, 11) is 0. The van der Waals surface area contributed by atoms with E-state index in [9.17, 15) is 19.2 Å².